The van der Waals surface area contributed by atoms with Crippen molar-refractivity contribution >= 4 is 5.96 Å². The summed E-state index contributed by atoms with van der Waals surface area (Å²) >= 11 is 0. The van der Waals surface area contributed by atoms with Crippen molar-refractivity contribution in [1.82, 2.24) is 5.32 Å². The number of methoxy groups -OCH3 is 1. The van der Waals surface area contributed by atoms with Gasteiger partial charge in [-0.25, -0.2) is 0 Å². The third-order valence-corrected chi connectivity index (χ3v) is 2.81. The first kappa shape index (κ1) is 13.4. The van der Waals surface area contributed by atoms with E-state index in [-0.39, 0.29) is 0 Å². The quantitative estimate of drug-likeness (QED) is 0.603. The lowest BCUT2D eigenvalue weighted by atomic mass is 9.98. The molecule has 0 aliphatic carbocycles. The van der Waals surface area contributed by atoms with Gasteiger partial charge in [0.05, 0.1) is 7.11 Å². The summed E-state index contributed by atoms with van der Waals surface area (Å²) in [6, 6.07) is 8.17. The summed E-state index contributed by atoms with van der Waals surface area (Å²) in [4.78, 5) is 3.85. The minimum absolute atomic E-state index is 0.484. The van der Waals surface area contributed by atoms with Crippen molar-refractivity contribution < 1.29 is 4.74 Å². The van der Waals surface area contributed by atoms with Crippen LogP contribution in [0.25, 0.3) is 0 Å². The van der Waals surface area contributed by atoms with Crippen LogP contribution in [0.1, 0.15) is 24.8 Å². The molecule has 0 aromatic heterocycles. The van der Waals surface area contributed by atoms with Gasteiger partial charge in [-0.1, -0.05) is 19.1 Å². The number of guanidine groups is 1. The standard InChI is InChI=1S/C13H21N3O/c1-10(8-9-16-13(14)15-2)11-4-6-12(17-3)7-5-11/h4-7,10H,8-9H2,1-3H3,(H3,14,15,16). The molecule has 0 fully saturated rings. The van der Waals surface area contributed by atoms with E-state index in [0.29, 0.717) is 11.9 Å². The molecule has 1 aromatic rings. The van der Waals surface area contributed by atoms with E-state index in [1.54, 1.807) is 14.2 Å². The highest BCUT2D eigenvalue weighted by atomic mass is 16.5. The van der Waals surface area contributed by atoms with E-state index in [0.717, 1.165) is 18.7 Å². The molecule has 0 heterocycles. The van der Waals surface area contributed by atoms with Gasteiger partial charge in [0.1, 0.15) is 5.75 Å². The number of rotatable bonds is 5. The zero-order valence-corrected chi connectivity index (χ0v) is 10.7. The van der Waals surface area contributed by atoms with E-state index in [1.165, 1.54) is 5.56 Å². The van der Waals surface area contributed by atoms with Crippen LogP contribution in [0, 0.1) is 0 Å². The van der Waals surface area contributed by atoms with Crippen molar-refractivity contribution in [3.05, 3.63) is 29.8 Å². The molecule has 4 heteroatoms. The SMILES string of the molecule is CN=C(N)NCCC(C)c1ccc(OC)cc1. The Morgan fingerprint density at radius 3 is 2.59 bits per heavy atom. The van der Waals surface area contributed by atoms with Crippen LogP contribution < -0.4 is 15.8 Å². The predicted molar refractivity (Wildman–Crippen MR) is 71.6 cm³/mol. The van der Waals surface area contributed by atoms with E-state index < -0.39 is 0 Å². The molecule has 1 atom stereocenters. The molecule has 0 spiro atoms. The highest BCUT2D eigenvalue weighted by Crippen LogP contribution is 2.21. The van der Waals surface area contributed by atoms with Crippen LogP contribution in [-0.4, -0.2) is 26.7 Å². The van der Waals surface area contributed by atoms with Crippen LogP contribution in [-0.2, 0) is 0 Å². The maximum absolute atomic E-state index is 5.56. The lowest BCUT2D eigenvalue weighted by Crippen LogP contribution is -2.32. The van der Waals surface area contributed by atoms with Gasteiger partial charge in [-0.15, -0.1) is 0 Å². The Kier molecular flexibility index (Phi) is 5.33. The van der Waals surface area contributed by atoms with Gasteiger partial charge < -0.3 is 15.8 Å². The molecule has 0 saturated carbocycles. The smallest absolute Gasteiger partial charge is 0.188 e. The largest absolute Gasteiger partial charge is 0.497 e. The summed E-state index contributed by atoms with van der Waals surface area (Å²) in [5.74, 6) is 1.87. The Morgan fingerprint density at radius 1 is 1.41 bits per heavy atom. The van der Waals surface area contributed by atoms with E-state index >= 15 is 0 Å². The molecule has 0 bridgehead atoms. The summed E-state index contributed by atoms with van der Waals surface area (Å²) in [5, 5.41) is 3.06. The number of ether oxygens (including phenoxy) is 1. The number of hydrogen-bond donors (Lipinski definition) is 2. The van der Waals surface area contributed by atoms with Crippen LogP contribution in [0.5, 0.6) is 5.75 Å². The second kappa shape index (κ2) is 6.78. The van der Waals surface area contributed by atoms with Gasteiger partial charge >= 0.3 is 0 Å². The highest BCUT2D eigenvalue weighted by Gasteiger charge is 2.05. The minimum atomic E-state index is 0.484. The maximum Gasteiger partial charge on any atom is 0.188 e. The lowest BCUT2D eigenvalue weighted by molar-refractivity contribution is 0.414. The molecule has 0 aliphatic rings. The fraction of sp³-hybridized carbons (Fsp3) is 0.462. The fourth-order valence-corrected chi connectivity index (χ4v) is 1.59. The van der Waals surface area contributed by atoms with Gasteiger partial charge in [0, 0.05) is 13.6 Å². The topological polar surface area (TPSA) is 59.6 Å². The summed E-state index contributed by atoms with van der Waals surface area (Å²) in [7, 11) is 3.35. The zero-order chi connectivity index (χ0) is 12.7. The number of aliphatic imine (C=N–C) groups is 1. The van der Waals surface area contributed by atoms with Crippen LogP contribution in [0.4, 0.5) is 0 Å². The Morgan fingerprint density at radius 2 is 2.06 bits per heavy atom. The van der Waals surface area contributed by atoms with Crippen molar-refractivity contribution in [1.29, 1.82) is 0 Å². The molecule has 4 nitrogen and oxygen atoms in total. The first-order valence-electron chi connectivity index (χ1n) is 5.77. The first-order chi connectivity index (χ1) is 8.17. The monoisotopic (exact) mass is 235 g/mol. The van der Waals surface area contributed by atoms with Crippen LogP contribution in [0.2, 0.25) is 0 Å². The number of hydrogen-bond acceptors (Lipinski definition) is 2. The third kappa shape index (κ3) is 4.34. The average molecular weight is 235 g/mol. The Hall–Kier alpha value is -1.71. The highest BCUT2D eigenvalue weighted by molar-refractivity contribution is 5.77. The normalized spacial score (nSPS) is 13.2. The predicted octanol–water partition coefficient (Wildman–Crippen LogP) is 1.72. The second-order valence-corrected chi connectivity index (χ2v) is 4.00. The number of nitrogens with one attached hydrogen (secondary N) is 1. The molecular weight excluding hydrogens is 214 g/mol. The Balaban J connectivity index is 2.43. The van der Waals surface area contributed by atoms with Gasteiger partial charge in [0.15, 0.2) is 5.96 Å². The molecular formula is C13H21N3O. The summed E-state index contributed by atoms with van der Waals surface area (Å²) in [6.07, 6.45) is 1.02. The molecule has 3 N–H and O–H groups in total. The van der Waals surface area contributed by atoms with Crippen molar-refractivity contribution in [2.45, 2.75) is 19.3 Å². The summed E-state index contributed by atoms with van der Waals surface area (Å²) in [6.45, 7) is 3.03. The maximum atomic E-state index is 5.56. The van der Waals surface area contributed by atoms with Crippen LogP contribution in [0.15, 0.2) is 29.3 Å². The second-order valence-electron chi connectivity index (χ2n) is 4.00. The van der Waals surface area contributed by atoms with E-state index in [1.807, 2.05) is 12.1 Å². The zero-order valence-electron chi connectivity index (χ0n) is 10.7. The van der Waals surface area contributed by atoms with Gasteiger partial charge in [-0.2, -0.15) is 0 Å². The van der Waals surface area contributed by atoms with E-state index in [9.17, 15) is 0 Å². The van der Waals surface area contributed by atoms with Gasteiger partial charge in [-0.05, 0) is 30.0 Å². The van der Waals surface area contributed by atoms with Crippen LogP contribution in [0.3, 0.4) is 0 Å². The van der Waals surface area contributed by atoms with Crippen molar-refractivity contribution in [3.8, 4) is 5.75 Å². The molecule has 1 rings (SSSR count). The number of benzene rings is 1. The molecule has 94 valence electrons. The van der Waals surface area contributed by atoms with Crippen molar-refractivity contribution in [3.63, 3.8) is 0 Å². The molecule has 1 unspecified atom stereocenters. The van der Waals surface area contributed by atoms with Gasteiger partial charge in [0.25, 0.3) is 0 Å². The fourth-order valence-electron chi connectivity index (χ4n) is 1.59. The minimum Gasteiger partial charge on any atom is -0.497 e. The average Bonchev–Trinajstić information content (AvgIpc) is 2.38. The molecule has 0 aliphatic heterocycles. The number of nitrogens with two attached hydrogens (primary N) is 1. The van der Waals surface area contributed by atoms with Crippen molar-refractivity contribution in [2.75, 3.05) is 20.7 Å². The number of nitrogens with zero attached hydrogens (tertiary/aromatic N) is 1. The molecule has 0 saturated heterocycles. The molecule has 0 amide bonds. The summed E-state index contributed by atoms with van der Waals surface area (Å²) in [5.41, 5.74) is 6.86. The Labute approximate surface area is 103 Å². The summed E-state index contributed by atoms with van der Waals surface area (Å²) < 4.78 is 5.13. The van der Waals surface area contributed by atoms with E-state index in [2.05, 4.69) is 29.4 Å². The lowest BCUT2D eigenvalue weighted by Gasteiger charge is -2.13. The first-order valence-corrected chi connectivity index (χ1v) is 5.77. The van der Waals surface area contributed by atoms with Crippen molar-refractivity contribution in [2.24, 2.45) is 10.7 Å². The molecule has 17 heavy (non-hydrogen) atoms. The molecule has 0 radical (unpaired) electrons. The third-order valence-electron chi connectivity index (χ3n) is 2.81. The van der Waals surface area contributed by atoms with Gasteiger partial charge in [-0.3, -0.25) is 4.99 Å². The van der Waals surface area contributed by atoms with E-state index in [4.69, 9.17) is 10.5 Å². The van der Waals surface area contributed by atoms with Gasteiger partial charge in [0.2, 0.25) is 0 Å². The van der Waals surface area contributed by atoms with Crippen LogP contribution >= 0.6 is 0 Å². The Bertz CT molecular complexity index is 359. The molecule has 1 aromatic carbocycles.